The van der Waals surface area contributed by atoms with Crippen molar-refractivity contribution in [3.05, 3.63) is 28.5 Å². The minimum absolute atomic E-state index is 0. The van der Waals surface area contributed by atoms with Crippen LogP contribution in [0, 0.1) is 0 Å². The van der Waals surface area contributed by atoms with E-state index < -0.39 is 0 Å². The molecule has 0 aliphatic carbocycles. The Kier molecular flexibility index (Phi) is 13.9. The first-order valence-corrected chi connectivity index (χ1v) is 6.11. The van der Waals surface area contributed by atoms with Gasteiger partial charge in [-0.3, -0.25) is 9.78 Å². The van der Waals surface area contributed by atoms with Crippen LogP contribution in [0.5, 0.6) is 0 Å². The summed E-state index contributed by atoms with van der Waals surface area (Å²) in [6, 6.07) is 1.74. The van der Waals surface area contributed by atoms with Crippen molar-refractivity contribution in [3.63, 3.8) is 0 Å². The van der Waals surface area contributed by atoms with Gasteiger partial charge in [-0.05, 0) is 22.0 Å². The lowest BCUT2D eigenvalue weighted by molar-refractivity contribution is 0.0953. The molecule has 19 heavy (non-hydrogen) atoms. The molecule has 0 saturated heterocycles. The van der Waals surface area contributed by atoms with E-state index in [2.05, 4.69) is 31.5 Å². The smallest absolute Gasteiger partial charge is 0.252 e. The molecule has 1 amide bonds. The summed E-state index contributed by atoms with van der Waals surface area (Å²) in [7, 11) is 1.66. The number of nitrogens with zero attached hydrogens (tertiary/aromatic N) is 1. The molecule has 0 spiro atoms. The summed E-state index contributed by atoms with van der Waals surface area (Å²) in [5.41, 5.74) is 0.552. The van der Waals surface area contributed by atoms with Crippen molar-refractivity contribution in [2.24, 2.45) is 0 Å². The highest BCUT2D eigenvalue weighted by atomic mass is 79.9. The number of ether oxygens (including phenoxy) is 1. The van der Waals surface area contributed by atoms with Gasteiger partial charge in [-0.2, -0.15) is 0 Å². The zero-order chi connectivity index (χ0) is 12.5. The Bertz CT molecular complexity index is 370. The molecule has 1 rings (SSSR count). The van der Waals surface area contributed by atoms with Crippen LogP contribution in [0.4, 0.5) is 0 Å². The van der Waals surface area contributed by atoms with Crippen LogP contribution in [0.15, 0.2) is 22.9 Å². The molecule has 0 saturated carbocycles. The minimum atomic E-state index is -0.118. The van der Waals surface area contributed by atoms with Gasteiger partial charge in [-0.1, -0.05) is 0 Å². The number of hydrogen-bond donors (Lipinski definition) is 2. The maximum Gasteiger partial charge on any atom is 0.252 e. The highest BCUT2D eigenvalue weighted by Crippen LogP contribution is 2.08. The van der Waals surface area contributed by atoms with Crippen molar-refractivity contribution >= 4 is 46.7 Å². The van der Waals surface area contributed by atoms with Crippen molar-refractivity contribution in [3.8, 4) is 0 Å². The summed E-state index contributed by atoms with van der Waals surface area (Å²) in [4.78, 5) is 15.6. The quantitative estimate of drug-likeness (QED) is 0.712. The van der Waals surface area contributed by atoms with Gasteiger partial charge in [0.05, 0.1) is 12.2 Å². The molecule has 5 nitrogen and oxygen atoms in total. The molecule has 0 unspecified atom stereocenters. The molecule has 1 heterocycles. The number of methoxy groups -OCH3 is 1. The first kappa shape index (κ1) is 20.9. The molecule has 0 radical (unpaired) electrons. The number of amides is 1. The molecule has 0 aliphatic heterocycles. The van der Waals surface area contributed by atoms with E-state index in [1.54, 1.807) is 25.6 Å². The van der Waals surface area contributed by atoms with Crippen LogP contribution >= 0.6 is 40.7 Å². The number of nitrogens with one attached hydrogen (secondary N) is 2. The van der Waals surface area contributed by atoms with Gasteiger partial charge in [-0.15, -0.1) is 24.8 Å². The fourth-order valence-corrected chi connectivity index (χ4v) is 1.57. The third kappa shape index (κ3) is 9.18. The number of hydrogen-bond acceptors (Lipinski definition) is 4. The largest absolute Gasteiger partial charge is 0.383 e. The van der Waals surface area contributed by atoms with E-state index >= 15 is 0 Å². The van der Waals surface area contributed by atoms with Crippen molar-refractivity contribution in [1.29, 1.82) is 0 Å². The zero-order valence-electron chi connectivity index (χ0n) is 10.5. The van der Waals surface area contributed by atoms with Crippen LogP contribution in [0.1, 0.15) is 10.4 Å². The minimum Gasteiger partial charge on any atom is -0.383 e. The average molecular weight is 375 g/mol. The first-order valence-electron chi connectivity index (χ1n) is 5.32. The molecule has 8 heteroatoms. The van der Waals surface area contributed by atoms with E-state index in [1.165, 1.54) is 0 Å². The van der Waals surface area contributed by atoms with Crippen molar-refractivity contribution < 1.29 is 9.53 Å². The fraction of sp³-hybridized carbons (Fsp3) is 0.455. The third-order valence-electron chi connectivity index (χ3n) is 2.04. The summed E-state index contributed by atoms with van der Waals surface area (Å²) in [5, 5.41) is 5.94. The molecule has 0 atom stereocenters. The standard InChI is InChI=1S/C11H16BrN3O2.2ClH/c1-17-5-4-13-2-3-15-11(16)9-6-10(12)8-14-7-9;;/h6-8,13H,2-5H2,1H3,(H,15,16);2*1H. The summed E-state index contributed by atoms with van der Waals surface area (Å²) < 4.78 is 5.68. The van der Waals surface area contributed by atoms with E-state index in [0.717, 1.165) is 17.6 Å². The molecular formula is C11H18BrCl2N3O2. The molecule has 0 fully saturated rings. The van der Waals surface area contributed by atoms with Gasteiger partial charge in [0.25, 0.3) is 5.91 Å². The van der Waals surface area contributed by atoms with Crippen LogP contribution < -0.4 is 10.6 Å². The second-order valence-electron chi connectivity index (χ2n) is 3.39. The Morgan fingerprint density at radius 3 is 2.68 bits per heavy atom. The molecular weight excluding hydrogens is 357 g/mol. The van der Waals surface area contributed by atoms with Gasteiger partial charge < -0.3 is 15.4 Å². The molecule has 1 aromatic rings. The number of carbonyl (C=O) groups is 1. The Morgan fingerprint density at radius 2 is 2.05 bits per heavy atom. The molecule has 1 aromatic heterocycles. The van der Waals surface area contributed by atoms with Gasteiger partial charge >= 0.3 is 0 Å². The molecule has 0 aliphatic rings. The second kappa shape index (κ2) is 12.6. The molecule has 110 valence electrons. The Labute approximate surface area is 133 Å². The van der Waals surface area contributed by atoms with Crippen molar-refractivity contribution in [2.45, 2.75) is 0 Å². The topological polar surface area (TPSA) is 63.2 Å². The average Bonchev–Trinajstić information content (AvgIpc) is 2.33. The van der Waals surface area contributed by atoms with E-state index in [0.29, 0.717) is 18.7 Å². The predicted molar refractivity (Wildman–Crippen MR) is 83.5 cm³/mol. The lowest BCUT2D eigenvalue weighted by atomic mass is 10.3. The zero-order valence-corrected chi connectivity index (χ0v) is 13.7. The Hall–Kier alpha value is -0.400. The van der Waals surface area contributed by atoms with Crippen LogP contribution in [-0.4, -0.2) is 44.2 Å². The van der Waals surface area contributed by atoms with Gasteiger partial charge in [-0.25, -0.2) is 0 Å². The number of halogens is 3. The summed E-state index contributed by atoms with van der Waals surface area (Å²) in [5.74, 6) is -0.118. The summed E-state index contributed by atoms with van der Waals surface area (Å²) in [6.07, 6.45) is 3.18. The van der Waals surface area contributed by atoms with E-state index in [9.17, 15) is 4.79 Å². The van der Waals surface area contributed by atoms with Gasteiger partial charge in [0.2, 0.25) is 0 Å². The first-order chi connectivity index (χ1) is 8.24. The molecule has 2 N–H and O–H groups in total. The monoisotopic (exact) mass is 373 g/mol. The maximum absolute atomic E-state index is 11.7. The molecule has 0 aromatic carbocycles. The Morgan fingerprint density at radius 1 is 1.32 bits per heavy atom. The normalized spacial score (nSPS) is 9.16. The van der Waals surface area contributed by atoms with Crippen LogP contribution in [0.25, 0.3) is 0 Å². The van der Waals surface area contributed by atoms with E-state index in [4.69, 9.17) is 4.74 Å². The van der Waals surface area contributed by atoms with Crippen LogP contribution in [0.2, 0.25) is 0 Å². The Balaban J connectivity index is 0. The van der Waals surface area contributed by atoms with Gasteiger partial charge in [0.15, 0.2) is 0 Å². The third-order valence-corrected chi connectivity index (χ3v) is 2.47. The molecule has 0 bridgehead atoms. The number of rotatable bonds is 7. The van der Waals surface area contributed by atoms with Gasteiger partial charge in [0, 0.05) is 43.6 Å². The predicted octanol–water partition coefficient (Wildman–Crippen LogP) is 1.65. The lowest BCUT2D eigenvalue weighted by Gasteiger charge is -2.06. The fourth-order valence-electron chi connectivity index (χ4n) is 1.20. The number of carbonyl (C=O) groups excluding carboxylic acids is 1. The van der Waals surface area contributed by atoms with Crippen LogP contribution in [0.3, 0.4) is 0 Å². The highest BCUT2D eigenvalue weighted by Gasteiger charge is 2.04. The van der Waals surface area contributed by atoms with Gasteiger partial charge in [0.1, 0.15) is 0 Å². The number of aromatic nitrogens is 1. The van der Waals surface area contributed by atoms with E-state index in [1.807, 2.05) is 0 Å². The van der Waals surface area contributed by atoms with Crippen molar-refractivity contribution in [1.82, 2.24) is 15.6 Å². The number of pyridine rings is 1. The summed E-state index contributed by atoms with van der Waals surface area (Å²) >= 11 is 3.27. The van der Waals surface area contributed by atoms with Crippen molar-refractivity contribution in [2.75, 3.05) is 33.4 Å². The highest BCUT2D eigenvalue weighted by molar-refractivity contribution is 9.10. The van der Waals surface area contributed by atoms with E-state index in [-0.39, 0.29) is 30.7 Å². The SMILES string of the molecule is COCCNCCNC(=O)c1cncc(Br)c1.Cl.Cl. The lowest BCUT2D eigenvalue weighted by Crippen LogP contribution is -2.33. The summed E-state index contributed by atoms with van der Waals surface area (Å²) in [6.45, 7) is 2.75. The maximum atomic E-state index is 11.7. The second-order valence-corrected chi connectivity index (χ2v) is 4.31. The van der Waals surface area contributed by atoms with Crippen LogP contribution in [-0.2, 0) is 4.74 Å².